The first-order valence-corrected chi connectivity index (χ1v) is 7.00. The number of nitrogens with two attached hydrogens (primary N) is 1. The molecule has 0 spiro atoms. The lowest BCUT2D eigenvalue weighted by molar-refractivity contribution is -0.116. The minimum absolute atomic E-state index is 0.177. The molecular formula is C15H17ClN4O2. The molecule has 116 valence electrons. The van der Waals surface area contributed by atoms with E-state index in [1.54, 1.807) is 31.2 Å². The summed E-state index contributed by atoms with van der Waals surface area (Å²) in [5.74, 6) is -0.604. The van der Waals surface area contributed by atoms with Crippen molar-refractivity contribution in [3.8, 4) is 6.07 Å². The number of hydrogen-bond acceptors (Lipinski definition) is 4. The van der Waals surface area contributed by atoms with Crippen LogP contribution in [0.1, 0.15) is 12.0 Å². The minimum Gasteiger partial charge on any atom is -0.330 e. The molecule has 3 N–H and O–H groups in total. The van der Waals surface area contributed by atoms with Gasteiger partial charge >= 0.3 is 0 Å². The zero-order valence-corrected chi connectivity index (χ0v) is 12.9. The highest BCUT2D eigenvalue weighted by Crippen LogP contribution is 2.23. The van der Waals surface area contributed by atoms with Gasteiger partial charge in [0.1, 0.15) is 11.6 Å². The molecular weight excluding hydrogens is 304 g/mol. The van der Waals surface area contributed by atoms with Crippen LogP contribution < -0.4 is 11.1 Å². The van der Waals surface area contributed by atoms with E-state index in [9.17, 15) is 9.59 Å². The number of carbonyl (C=O) groups is 2. The first kappa shape index (κ1) is 17.7. The van der Waals surface area contributed by atoms with Crippen molar-refractivity contribution in [2.24, 2.45) is 5.73 Å². The van der Waals surface area contributed by atoms with Crippen LogP contribution in [0.2, 0.25) is 5.02 Å². The zero-order valence-electron chi connectivity index (χ0n) is 12.2. The Bertz CT molecular complexity index is 622. The van der Waals surface area contributed by atoms with Crippen molar-refractivity contribution >= 4 is 29.6 Å². The predicted octanol–water partition coefficient (Wildman–Crippen LogP) is 1.80. The second kappa shape index (κ2) is 8.82. The van der Waals surface area contributed by atoms with E-state index in [1.165, 1.54) is 11.1 Å². The van der Waals surface area contributed by atoms with E-state index in [0.717, 1.165) is 0 Å². The second-order valence-corrected chi connectivity index (χ2v) is 4.91. The van der Waals surface area contributed by atoms with Crippen molar-refractivity contribution in [1.29, 1.82) is 5.26 Å². The number of nitriles is 1. The van der Waals surface area contributed by atoms with Gasteiger partial charge in [0.2, 0.25) is 6.41 Å². The van der Waals surface area contributed by atoms with E-state index in [0.29, 0.717) is 42.2 Å². The number of anilines is 1. The number of carbonyl (C=O) groups excluding carboxylic acids is 2. The van der Waals surface area contributed by atoms with E-state index in [2.05, 4.69) is 5.32 Å². The van der Waals surface area contributed by atoms with E-state index in [1.807, 2.05) is 0 Å². The quantitative estimate of drug-likeness (QED) is 0.454. The summed E-state index contributed by atoms with van der Waals surface area (Å²) in [6, 6.07) is 6.86. The largest absolute Gasteiger partial charge is 0.330 e. The maximum Gasteiger partial charge on any atom is 0.267 e. The molecule has 0 unspecified atom stereocenters. The summed E-state index contributed by atoms with van der Waals surface area (Å²) in [5.41, 5.74) is 6.40. The summed E-state index contributed by atoms with van der Waals surface area (Å²) in [6.45, 7) is 2.51. The molecule has 1 aromatic carbocycles. The number of halogens is 1. The van der Waals surface area contributed by atoms with Crippen LogP contribution in [0.25, 0.3) is 0 Å². The summed E-state index contributed by atoms with van der Waals surface area (Å²) in [7, 11) is 0. The molecule has 0 aliphatic heterocycles. The van der Waals surface area contributed by atoms with Crippen molar-refractivity contribution in [1.82, 2.24) is 4.90 Å². The molecule has 2 amide bonds. The summed E-state index contributed by atoms with van der Waals surface area (Å²) >= 11 is 5.98. The Kier molecular flexibility index (Phi) is 7.09. The molecule has 1 rings (SSSR count). The van der Waals surface area contributed by atoms with Gasteiger partial charge < -0.3 is 16.0 Å². The normalized spacial score (nSPS) is 10.7. The van der Waals surface area contributed by atoms with Crippen LogP contribution >= 0.6 is 11.6 Å². The average molecular weight is 321 g/mol. The Morgan fingerprint density at radius 2 is 2.27 bits per heavy atom. The van der Waals surface area contributed by atoms with Crippen LogP contribution in [0.4, 0.5) is 5.69 Å². The van der Waals surface area contributed by atoms with Gasteiger partial charge in [-0.05, 0) is 37.6 Å². The van der Waals surface area contributed by atoms with Crippen molar-refractivity contribution in [2.45, 2.75) is 13.3 Å². The smallest absolute Gasteiger partial charge is 0.267 e. The van der Waals surface area contributed by atoms with Crippen LogP contribution in [0, 0.1) is 18.3 Å². The molecule has 7 heteroatoms. The van der Waals surface area contributed by atoms with Crippen molar-refractivity contribution in [2.75, 3.05) is 18.4 Å². The first-order chi connectivity index (χ1) is 10.5. The molecule has 0 atom stereocenters. The van der Waals surface area contributed by atoms with Gasteiger partial charge in [0.15, 0.2) is 0 Å². The first-order valence-electron chi connectivity index (χ1n) is 6.63. The van der Waals surface area contributed by atoms with E-state index < -0.39 is 5.91 Å². The Morgan fingerprint density at radius 1 is 1.55 bits per heavy atom. The van der Waals surface area contributed by atoms with E-state index in [-0.39, 0.29) is 5.57 Å². The van der Waals surface area contributed by atoms with Gasteiger partial charge in [0, 0.05) is 23.5 Å². The third-order valence-corrected chi connectivity index (χ3v) is 3.34. The maximum atomic E-state index is 12.1. The molecule has 22 heavy (non-hydrogen) atoms. The summed E-state index contributed by atoms with van der Waals surface area (Å²) in [4.78, 5) is 24.3. The van der Waals surface area contributed by atoms with Crippen molar-refractivity contribution < 1.29 is 9.59 Å². The summed E-state index contributed by atoms with van der Waals surface area (Å²) in [6.07, 6.45) is 2.33. The van der Waals surface area contributed by atoms with E-state index in [4.69, 9.17) is 22.6 Å². The lowest BCUT2D eigenvalue weighted by atomic mass is 10.2. The number of amides is 2. The van der Waals surface area contributed by atoms with Crippen molar-refractivity contribution in [3.63, 3.8) is 0 Å². The number of nitrogens with one attached hydrogen (secondary N) is 1. The van der Waals surface area contributed by atoms with Gasteiger partial charge in [0.05, 0.1) is 0 Å². The van der Waals surface area contributed by atoms with Crippen molar-refractivity contribution in [3.05, 3.63) is 40.6 Å². The van der Waals surface area contributed by atoms with Gasteiger partial charge in [-0.25, -0.2) is 0 Å². The molecule has 0 aromatic heterocycles. The standard InChI is InChI=1S/C15H17ClN4O2/c1-11-13(16)4-2-5-14(11)19-15(22)12(8-18)9-20(10-21)7-3-6-17/h2,4-5,9-10H,3,6-7,17H2,1H3,(H,19,22)/b12-9-. The van der Waals surface area contributed by atoms with Crippen LogP contribution in [0.3, 0.4) is 0 Å². The fourth-order valence-electron chi connectivity index (χ4n) is 1.66. The fourth-order valence-corrected chi connectivity index (χ4v) is 1.83. The summed E-state index contributed by atoms with van der Waals surface area (Å²) in [5, 5.41) is 12.2. The predicted molar refractivity (Wildman–Crippen MR) is 85.0 cm³/mol. The van der Waals surface area contributed by atoms with Crippen LogP contribution in [0.15, 0.2) is 30.0 Å². The SMILES string of the molecule is Cc1c(Cl)cccc1NC(=O)/C(C#N)=C\N(C=O)CCCN. The second-order valence-electron chi connectivity index (χ2n) is 4.51. The highest BCUT2D eigenvalue weighted by atomic mass is 35.5. The highest BCUT2D eigenvalue weighted by Gasteiger charge is 2.13. The lowest BCUT2D eigenvalue weighted by Gasteiger charge is -2.13. The Hall–Kier alpha value is -2.36. The number of nitrogens with zero attached hydrogens (tertiary/aromatic N) is 2. The topological polar surface area (TPSA) is 99.2 Å². The number of hydrogen-bond donors (Lipinski definition) is 2. The van der Waals surface area contributed by atoms with Gasteiger partial charge in [-0.15, -0.1) is 0 Å². The van der Waals surface area contributed by atoms with Crippen LogP contribution in [-0.2, 0) is 9.59 Å². The Labute approximate surface area is 134 Å². The molecule has 0 fully saturated rings. The monoisotopic (exact) mass is 320 g/mol. The zero-order chi connectivity index (χ0) is 16.5. The Morgan fingerprint density at radius 3 is 2.86 bits per heavy atom. The molecule has 0 aliphatic rings. The average Bonchev–Trinajstić information content (AvgIpc) is 2.52. The van der Waals surface area contributed by atoms with Gasteiger partial charge in [0.25, 0.3) is 5.91 Å². The molecule has 0 saturated heterocycles. The number of rotatable bonds is 7. The molecule has 0 heterocycles. The van der Waals surface area contributed by atoms with Gasteiger partial charge in [-0.2, -0.15) is 5.26 Å². The molecule has 0 aliphatic carbocycles. The number of benzene rings is 1. The Balaban J connectivity index is 2.90. The minimum atomic E-state index is -0.604. The summed E-state index contributed by atoms with van der Waals surface area (Å²) < 4.78 is 0. The van der Waals surface area contributed by atoms with Crippen LogP contribution in [0.5, 0.6) is 0 Å². The molecule has 0 saturated carbocycles. The van der Waals surface area contributed by atoms with E-state index >= 15 is 0 Å². The van der Waals surface area contributed by atoms with Crippen LogP contribution in [-0.4, -0.2) is 30.3 Å². The fraction of sp³-hybridized carbons (Fsp3) is 0.267. The highest BCUT2D eigenvalue weighted by molar-refractivity contribution is 6.31. The molecule has 1 aromatic rings. The van der Waals surface area contributed by atoms with Gasteiger partial charge in [-0.3, -0.25) is 9.59 Å². The molecule has 0 radical (unpaired) electrons. The van der Waals surface area contributed by atoms with Gasteiger partial charge in [-0.1, -0.05) is 17.7 Å². The lowest BCUT2D eigenvalue weighted by Crippen LogP contribution is -2.22. The third-order valence-electron chi connectivity index (χ3n) is 2.93. The molecule has 6 nitrogen and oxygen atoms in total. The molecule has 0 bridgehead atoms. The third kappa shape index (κ3) is 4.88. The maximum absolute atomic E-state index is 12.1.